The van der Waals surface area contributed by atoms with E-state index in [4.69, 9.17) is 11.6 Å². The van der Waals surface area contributed by atoms with Gasteiger partial charge < -0.3 is 5.11 Å². The molecule has 0 spiro atoms. The van der Waals surface area contributed by atoms with E-state index in [2.05, 4.69) is 34.5 Å². The molecule has 0 aliphatic heterocycles. The van der Waals surface area contributed by atoms with Gasteiger partial charge in [-0.2, -0.15) is 5.10 Å². The number of amides is 1. The van der Waals surface area contributed by atoms with Crippen molar-refractivity contribution in [2.45, 2.75) is 6.42 Å². The lowest BCUT2D eigenvalue weighted by Crippen LogP contribution is -2.17. The van der Waals surface area contributed by atoms with Crippen LogP contribution < -0.4 is 5.43 Å². The summed E-state index contributed by atoms with van der Waals surface area (Å²) >= 11 is 5.79. The number of carbonyl (C=O) groups excluding carboxylic acids is 1. The van der Waals surface area contributed by atoms with Gasteiger partial charge in [0.25, 0.3) is 5.91 Å². The van der Waals surface area contributed by atoms with Crippen molar-refractivity contribution < 1.29 is 9.90 Å². The summed E-state index contributed by atoms with van der Waals surface area (Å²) in [6.45, 7) is 0. The second kappa shape index (κ2) is 9.40. The molecule has 138 valence electrons. The van der Waals surface area contributed by atoms with Crippen molar-refractivity contribution in [3.63, 3.8) is 0 Å². The third-order valence-electron chi connectivity index (χ3n) is 3.87. The van der Waals surface area contributed by atoms with Crippen LogP contribution in [0.4, 0.5) is 0 Å². The summed E-state index contributed by atoms with van der Waals surface area (Å²) in [5.41, 5.74) is 5.66. The summed E-state index contributed by atoms with van der Waals surface area (Å²) in [5.74, 6) is 5.79. The molecule has 0 bridgehead atoms. The highest BCUT2D eigenvalue weighted by atomic mass is 35.5. The van der Waals surface area contributed by atoms with Gasteiger partial charge in [-0.1, -0.05) is 65.9 Å². The Balaban J connectivity index is 1.55. The minimum Gasteiger partial charge on any atom is -0.506 e. The normalized spacial score (nSPS) is 10.3. The van der Waals surface area contributed by atoms with Crippen LogP contribution in [-0.4, -0.2) is 17.2 Å². The first-order chi connectivity index (χ1) is 13.6. The fourth-order valence-corrected chi connectivity index (χ4v) is 2.56. The zero-order valence-corrected chi connectivity index (χ0v) is 15.6. The van der Waals surface area contributed by atoms with E-state index in [1.165, 1.54) is 23.8 Å². The van der Waals surface area contributed by atoms with Crippen molar-refractivity contribution in [1.82, 2.24) is 5.43 Å². The zero-order valence-electron chi connectivity index (χ0n) is 14.9. The molecule has 2 N–H and O–H groups in total. The minimum absolute atomic E-state index is 0.0753. The highest BCUT2D eigenvalue weighted by Crippen LogP contribution is 2.23. The Morgan fingerprint density at radius 3 is 2.54 bits per heavy atom. The summed E-state index contributed by atoms with van der Waals surface area (Å²) in [6.07, 6.45) is 2.25. The topological polar surface area (TPSA) is 61.7 Å². The van der Waals surface area contributed by atoms with Gasteiger partial charge in [-0.15, -0.1) is 0 Å². The van der Waals surface area contributed by atoms with Gasteiger partial charge in [0.2, 0.25) is 0 Å². The Morgan fingerprint density at radius 2 is 1.82 bits per heavy atom. The lowest BCUT2D eigenvalue weighted by atomic mass is 10.1. The number of hydrogen-bond acceptors (Lipinski definition) is 3. The molecule has 3 aromatic carbocycles. The second-order valence-electron chi connectivity index (χ2n) is 5.95. The fraction of sp³-hybridized carbons (Fsp3) is 0.0435. The molecule has 0 atom stereocenters. The highest BCUT2D eigenvalue weighted by Gasteiger charge is 2.07. The number of phenolic OH excluding ortho intramolecular Hbond substituents is 1. The molecule has 3 rings (SSSR count). The van der Waals surface area contributed by atoms with Crippen molar-refractivity contribution in [3.8, 4) is 17.6 Å². The van der Waals surface area contributed by atoms with E-state index in [-0.39, 0.29) is 10.8 Å². The Labute approximate surface area is 168 Å². The van der Waals surface area contributed by atoms with E-state index >= 15 is 0 Å². The molecule has 0 saturated carbocycles. The number of aromatic hydroxyl groups is 1. The number of nitrogens with zero attached hydrogens (tertiary/aromatic N) is 1. The van der Waals surface area contributed by atoms with Gasteiger partial charge >= 0.3 is 0 Å². The molecular formula is C23H17ClN2O2. The first-order valence-electron chi connectivity index (χ1n) is 8.56. The van der Waals surface area contributed by atoms with E-state index in [0.29, 0.717) is 12.0 Å². The number of carbonyl (C=O) groups is 1. The average molecular weight is 389 g/mol. The molecule has 0 saturated heterocycles. The Hall–Kier alpha value is -3.55. The van der Waals surface area contributed by atoms with Gasteiger partial charge in [0.05, 0.1) is 11.2 Å². The molecule has 4 nitrogen and oxygen atoms in total. The molecule has 0 heterocycles. The van der Waals surface area contributed by atoms with Crippen LogP contribution >= 0.6 is 11.6 Å². The molecule has 0 aliphatic rings. The first-order valence-corrected chi connectivity index (χ1v) is 8.94. The van der Waals surface area contributed by atoms with Crippen molar-refractivity contribution >= 4 is 23.7 Å². The third-order valence-corrected chi connectivity index (χ3v) is 4.17. The predicted octanol–water partition coefficient (Wildman–Crippen LogP) is 4.40. The van der Waals surface area contributed by atoms with Gasteiger partial charge in [0.1, 0.15) is 5.75 Å². The third kappa shape index (κ3) is 5.47. The summed E-state index contributed by atoms with van der Waals surface area (Å²) in [6, 6.07) is 21.8. The molecule has 3 aromatic rings. The van der Waals surface area contributed by atoms with E-state index in [1.807, 2.05) is 42.5 Å². The molecule has 0 aliphatic carbocycles. The lowest BCUT2D eigenvalue weighted by Gasteiger charge is -2.02. The number of benzene rings is 3. The standard InChI is InChI=1S/C23H17ClN2O2/c24-21-15-20(13-14-22(21)27)23(28)26-25-16-19-11-9-18(10-12-19)8-4-7-17-5-2-1-3-6-17/h1-3,5-6,9-16,27H,7H2,(H,26,28)/b25-16+. The van der Waals surface area contributed by atoms with Gasteiger partial charge in [-0.05, 0) is 41.5 Å². The van der Waals surface area contributed by atoms with Crippen LogP contribution in [0.3, 0.4) is 0 Å². The van der Waals surface area contributed by atoms with Gasteiger partial charge in [0, 0.05) is 17.5 Å². The van der Waals surface area contributed by atoms with Crippen LogP contribution in [0.5, 0.6) is 5.75 Å². The largest absolute Gasteiger partial charge is 0.506 e. The molecule has 28 heavy (non-hydrogen) atoms. The number of nitrogens with one attached hydrogen (secondary N) is 1. The molecule has 0 fully saturated rings. The van der Waals surface area contributed by atoms with Crippen LogP contribution in [0.2, 0.25) is 5.02 Å². The van der Waals surface area contributed by atoms with Crippen molar-refractivity contribution in [1.29, 1.82) is 0 Å². The average Bonchev–Trinajstić information content (AvgIpc) is 2.72. The van der Waals surface area contributed by atoms with Crippen molar-refractivity contribution in [3.05, 3.63) is 100 Å². The summed E-state index contributed by atoms with van der Waals surface area (Å²) in [7, 11) is 0. The monoisotopic (exact) mass is 388 g/mol. The van der Waals surface area contributed by atoms with Gasteiger partial charge in [0.15, 0.2) is 0 Å². The zero-order chi connectivity index (χ0) is 19.8. The van der Waals surface area contributed by atoms with Crippen LogP contribution in [0.1, 0.15) is 27.0 Å². The minimum atomic E-state index is -0.415. The summed E-state index contributed by atoms with van der Waals surface area (Å²) in [5, 5.41) is 13.4. The highest BCUT2D eigenvalue weighted by molar-refractivity contribution is 6.32. The summed E-state index contributed by atoms with van der Waals surface area (Å²) in [4.78, 5) is 12.0. The van der Waals surface area contributed by atoms with E-state index in [0.717, 1.165) is 11.1 Å². The van der Waals surface area contributed by atoms with Crippen molar-refractivity contribution in [2.24, 2.45) is 5.10 Å². The molecule has 0 radical (unpaired) electrons. The molecule has 0 unspecified atom stereocenters. The second-order valence-corrected chi connectivity index (χ2v) is 6.36. The van der Waals surface area contributed by atoms with Crippen LogP contribution in [0.15, 0.2) is 77.9 Å². The van der Waals surface area contributed by atoms with Crippen LogP contribution in [-0.2, 0) is 6.42 Å². The number of halogens is 1. The van der Waals surface area contributed by atoms with E-state index in [9.17, 15) is 9.90 Å². The number of hydrazone groups is 1. The fourth-order valence-electron chi connectivity index (χ4n) is 2.37. The van der Waals surface area contributed by atoms with Gasteiger partial charge in [-0.25, -0.2) is 5.43 Å². The Bertz CT molecular complexity index is 1050. The van der Waals surface area contributed by atoms with Gasteiger partial charge in [-0.3, -0.25) is 4.79 Å². The number of hydrogen-bond donors (Lipinski definition) is 2. The maximum atomic E-state index is 12.0. The molecule has 5 heteroatoms. The Kier molecular flexibility index (Phi) is 6.46. The predicted molar refractivity (Wildman–Crippen MR) is 112 cm³/mol. The summed E-state index contributed by atoms with van der Waals surface area (Å²) < 4.78 is 0. The van der Waals surface area contributed by atoms with E-state index in [1.54, 1.807) is 6.21 Å². The SMILES string of the molecule is O=C(N/N=C/c1ccc(C#CCc2ccccc2)cc1)c1ccc(O)c(Cl)c1. The number of rotatable bonds is 4. The lowest BCUT2D eigenvalue weighted by molar-refractivity contribution is 0.0955. The Morgan fingerprint density at radius 1 is 1.07 bits per heavy atom. The maximum absolute atomic E-state index is 12.0. The van der Waals surface area contributed by atoms with E-state index < -0.39 is 5.91 Å². The van der Waals surface area contributed by atoms with Crippen LogP contribution in [0, 0.1) is 11.8 Å². The smallest absolute Gasteiger partial charge is 0.271 e. The van der Waals surface area contributed by atoms with Crippen molar-refractivity contribution in [2.75, 3.05) is 0 Å². The number of phenols is 1. The van der Waals surface area contributed by atoms with Crippen LogP contribution in [0.25, 0.3) is 0 Å². The molecule has 1 amide bonds. The quantitative estimate of drug-likeness (QED) is 0.395. The maximum Gasteiger partial charge on any atom is 0.271 e. The molecular weight excluding hydrogens is 372 g/mol. The first kappa shape index (κ1) is 19.2. The molecule has 0 aromatic heterocycles.